The van der Waals surface area contributed by atoms with E-state index in [1.165, 1.54) is 18.9 Å². The van der Waals surface area contributed by atoms with E-state index in [4.69, 9.17) is 0 Å². The van der Waals surface area contributed by atoms with Gasteiger partial charge < -0.3 is 9.80 Å². The molecule has 4 rings (SSSR count). The van der Waals surface area contributed by atoms with E-state index in [1.54, 1.807) is 29.1 Å². The van der Waals surface area contributed by atoms with Gasteiger partial charge in [0.15, 0.2) is 0 Å². The number of halogens is 1. The lowest BCUT2D eigenvalue weighted by Gasteiger charge is -2.36. The summed E-state index contributed by atoms with van der Waals surface area (Å²) in [5, 5.41) is 0. The maximum Gasteiger partial charge on any atom is 0.236 e. The van der Waals surface area contributed by atoms with E-state index < -0.39 is 0 Å². The number of likely N-dealkylation sites (tertiary alicyclic amines) is 1. The maximum atomic E-state index is 14.2. The van der Waals surface area contributed by atoms with Gasteiger partial charge in [-0.05, 0) is 25.0 Å². The Morgan fingerprint density at radius 2 is 1.68 bits per heavy atom. The molecule has 0 spiro atoms. The van der Waals surface area contributed by atoms with Crippen molar-refractivity contribution in [3.8, 4) is 5.69 Å². The minimum atomic E-state index is -0.261. The largest absolute Gasteiger partial charge is 0.342 e. The minimum absolute atomic E-state index is 0.253. The highest BCUT2D eigenvalue weighted by Crippen LogP contribution is 2.21. The molecule has 0 bridgehead atoms. The molecule has 1 aromatic carbocycles. The van der Waals surface area contributed by atoms with Crippen LogP contribution in [0.3, 0.4) is 0 Å². The zero-order valence-electron chi connectivity index (χ0n) is 16.3. The molecule has 2 saturated heterocycles. The first-order valence-electron chi connectivity index (χ1n) is 10.3. The first-order valence-corrected chi connectivity index (χ1v) is 10.3. The molecule has 150 valence electrons. The van der Waals surface area contributed by atoms with E-state index in [1.807, 2.05) is 11.0 Å². The van der Waals surface area contributed by atoms with Crippen LogP contribution in [0.1, 0.15) is 25.7 Å². The SMILES string of the molecule is O=C(CN1CCN(c2nccn2-c2ccccc2F)CC1)N1CCCCCC1. The third-order valence-corrected chi connectivity index (χ3v) is 5.71. The third-order valence-electron chi connectivity index (χ3n) is 5.71. The van der Waals surface area contributed by atoms with Gasteiger partial charge >= 0.3 is 0 Å². The van der Waals surface area contributed by atoms with E-state index in [9.17, 15) is 9.18 Å². The summed E-state index contributed by atoms with van der Waals surface area (Å²) in [5.74, 6) is 0.746. The average molecular weight is 385 g/mol. The highest BCUT2D eigenvalue weighted by Gasteiger charge is 2.24. The zero-order chi connectivity index (χ0) is 19.3. The van der Waals surface area contributed by atoms with Crippen molar-refractivity contribution in [2.45, 2.75) is 25.7 Å². The molecule has 7 heteroatoms. The molecule has 0 unspecified atom stereocenters. The van der Waals surface area contributed by atoms with Gasteiger partial charge in [0, 0.05) is 51.7 Å². The molecule has 1 amide bonds. The molecular formula is C21H28FN5O. The van der Waals surface area contributed by atoms with Gasteiger partial charge in [0.1, 0.15) is 5.82 Å². The predicted octanol–water partition coefficient (Wildman–Crippen LogP) is 2.54. The number of anilines is 1. The van der Waals surface area contributed by atoms with Crippen molar-refractivity contribution in [2.24, 2.45) is 0 Å². The normalized spacial score (nSPS) is 18.9. The number of hydrogen-bond donors (Lipinski definition) is 0. The van der Waals surface area contributed by atoms with Crippen molar-refractivity contribution in [3.05, 3.63) is 42.5 Å². The fourth-order valence-corrected chi connectivity index (χ4v) is 4.08. The fraction of sp³-hybridized carbons (Fsp3) is 0.524. The van der Waals surface area contributed by atoms with E-state index in [0.29, 0.717) is 12.2 Å². The van der Waals surface area contributed by atoms with Gasteiger partial charge in [-0.15, -0.1) is 0 Å². The Morgan fingerprint density at radius 1 is 0.964 bits per heavy atom. The van der Waals surface area contributed by atoms with Gasteiger partial charge in [-0.25, -0.2) is 9.37 Å². The van der Waals surface area contributed by atoms with E-state index in [2.05, 4.69) is 14.8 Å². The number of aromatic nitrogens is 2. The molecular weight excluding hydrogens is 357 g/mol. The lowest BCUT2D eigenvalue weighted by atomic mass is 10.2. The first kappa shape index (κ1) is 18.9. The number of amides is 1. The number of nitrogens with zero attached hydrogens (tertiary/aromatic N) is 5. The zero-order valence-corrected chi connectivity index (χ0v) is 16.3. The Hall–Kier alpha value is -2.41. The summed E-state index contributed by atoms with van der Waals surface area (Å²) < 4.78 is 16.0. The summed E-state index contributed by atoms with van der Waals surface area (Å²) >= 11 is 0. The molecule has 0 N–H and O–H groups in total. The van der Waals surface area contributed by atoms with E-state index in [-0.39, 0.29) is 11.7 Å². The summed E-state index contributed by atoms with van der Waals surface area (Å²) in [6.45, 7) is 5.47. The molecule has 0 saturated carbocycles. The minimum Gasteiger partial charge on any atom is -0.342 e. The van der Waals surface area contributed by atoms with Crippen LogP contribution in [0.4, 0.5) is 10.3 Å². The second kappa shape index (κ2) is 8.73. The Bertz CT molecular complexity index is 792. The van der Waals surface area contributed by atoms with Gasteiger partial charge in [-0.3, -0.25) is 14.3 Å². The van der Waals surface area contributed by atoms with Crippen molar-refractivity contribution >= 4 is 11.9 Å². The van der Waals surface area contributed by atoms with Crippen LogP contribution in [0.2, 0.25) is 0 Å². The van der Waals surface area contributed by atoms with Crippen molar-refractivity contribution in [2.75, 3.05) is 50.7 Å². The fourth-order valence-electron chi connectivity index (χ4n) is 4.08. The average Bonchev–Trinajstić information content (AvgIpc) is 3.03. The number of para-hydroxylation sites is 1. The monoisotopic (exact) mass is 385 g/mol. The van der Waals surface area contributed by atoms with Gasteiger partial charge in [-0.1, -0.05) is 25.0 Å². The van der Waals surface area contributed by atoms with Crippen molar-refractivity contribution in [1.29, 1.82) is 0 Å². The Labute approximate surface area is 165 Å². The third kappa shape index (κ3) is 4.19. The van der Waals surface area contributed by atoms with E-state index >= 15 is 0 Å². The van der Waals surface area contributed by atoms with Crippen molar-refractivity contribution in [3.63, 3.8) is 0 Å². The lowest BCUT2D eigenvalue weighted by molar-refractivity contribution is -0.132. The van der Waals surface area contributed by atoms with Crippen LogP contribution in [-0.2, 0) is 4.79 Å². The first-order chi connectivity index (χ1) is 13.7. The Kier molecular flexibility index (Phi) is 5.90. The molecule has 0 radical (unpaired) electrons. The summed E-state index contributed by atoms with van der Waals surface area (Å²) in [6.07, 6.45) is 8.21. The molecule has 2 aliphatic rings. The summed E-state index contributed by atoms with van der Waals surface area (Å²) in [6, 6.07) is 6.74. The van der Waals surface area contributed by atoms with Gasteiger partial charge in [0.25, 0.3) is 0 Å². The quantitative estimate of drug-likeness (QED) is 0.811. The summed E-state index contributed by atoms with van der Waals surface area (Å²) in [4.78, 5) is 23.5. The highest BCUT2D eigenvalue weighted by atomic mass is 19.1. The van der Waals surface area contributed by atoms with E-state index in [0.717, 1.165) is 58.1 Å². The van der Waals surface area contributed by atoms with Gasteiger partial charge in [-0.2, -0.15) is 0 Å². The molecule has 6 nitrogen and oxygen atoms in total. The van der Waals surface area contributed by atoms with Crippen LogP contribution in [0.25, 0.3) is 5.69 Å². The molecule has 1 aromatic heterocycles. The standard InChI is InChI=1S/C21H28FN5O/c22-18-7-3-4-8-19(18)27-12-9-23-21(27)26-15-13-24(14-16-26)17-20(28)25-10-5-1-2-6-11-25/h3-4,7-9,12H,1-2,5-6,10-11,13-17H2. The molecule has 28 heavy (non-hydrogen) atoms. The van der Waals surface area contributed by atoms with Crippen LogP contribution in [0.5, 0.6) is 0 Å². The number of carbonyl (C=O) groups excluding carboxylic acids is 1. The molecule has 0 atom stereocenters. The molecule has 2 aliphatic heterocycles. The second-order valence-corrected chi connectivity index (χ2v) is 7.61. The lowest BCUT2D eigenvalue weighted by Crippen LogP contribution is -2.50. The van der Waals surface area contributed by atoms with Crippen LogP contribution in [-0.4, -0.2) is 71.1 Å². The molecule has 0 aliphatic carbocycles. The topological polar surface area (TPSA) is 44.6 Å². The predicted molar refractivity (Wildman–Crippen MR) is 107 cm³/mol. The molecule has 3 heterocycles. The number of piperazine rings is 1. The molecule has 2 aromatic rings. The second-order valence-electron chi connectivity index (χ2n) is 7.61. The summed E-state index contributed by atoms with van der Waals surface area (Å²) in [5.41, 5.74) is 0.508. The van der Waals surface area contributed by atoms with Crippen molar-refractivity contribution < 1.29 is 9.18 Å². The molecule has 2 fully saturated rings. The van der Waals surface area contributed by atoms with Crippen LogP contribution >= 0.6 is 0 Å². The number of carbonyl (C=O) groups is 1. The highest BCUT2D eigenvalue weighted by molar-refractivity contribution is 5.78. The van der Waals surface area contributed by atoms with Crippen LogP contribution in [0.15, 0.2) is 36.7 Å². The smallest absolute Gasteiger partial charge is 0.236 e. The number of benzene rings is 1. The number of rotatable bonds is 4. The number of hydrogen-bond acceptors (Lipinski definition) is 4. The van der Waals surface area contributed by atoms with Gasteiger partial charge in [0.2, 0.25) is 11.9 Å². The maximum absolute atomic E-state index is 14.2. The summed E-state index contributed by atoms with van der Waals surface area (Å²) in [7, 11) is 0. The van der Waals surface area contributed by atoms with Crippen LogP contribution < -0.4 is 4.90 Å². The Balaban J connectivity index is 1.36. The number of imidazole rings is 1. The van der Waals surface area contributed by atoms with Crippen LogP contribution in [0, 0.1) is 5.82 Å². The van der Waals surface area contributed by atoms with Gasteiger partial charge in [0.05, 0.1) is 12.2 Å². The Morgan fingerprint density at radius 3 is 2.39 bits per heavy atom. The van der Waals surface area contributed by atoms with Crippen molar-refractivity contribution in [1.82, 2.24) is 19.4 Å².